The summed E-state index contributed by atoms with van der Waals surface area (Å²) in [5.41, 5.74) is 9.48. The largest absolute Gasteiger partial charge is 0.398 e. The highest BCUT2D eigenvalue weighted by Gasteiger charge is 2.12. The zero-order valence-electron chi connectivity index (χ0n) is 10.8. The molecule has 0 saturated carbocycles. The van der Waals surface area contributed by atoms with Crippen LogP contribution in [0.3, 0.4) is 0 Å². The van der Waals surface area contributed by atoms with Crippen LogP contribution in [0, 0.1) is 0 Å². The van der Waals surface area contributed by atoms with Gasteiger partial charge in [-0.25, -0.2) is 4.98 Å². The van der Waals surface area contributed by atoms with E-state index in [-0.39, 0.29) is 6.61 Å². The molecule has 0 aliphatic heterocycles. The SMILES string of the molecule is Nc1cc(-c2nc3ccccc3n2CCO)ccc1Br. The summed E-state index contributed by atoms with van der Waals surface area (Å²) in [4.78, 5) is 4.65. The standard InChI is InChI=1S/C15H14BrN3O/c16-11-6-5-10(9-12(11)17)15-18-13-3-1-2-4-14(13)19(15)7-8-20/h1-6,9,20H,7-8,17H2. The van der Waals surface area contributed by atoms with Gasteiger partial charge in [-0.2, -0.15) is 0 Å². The van der Waals surface area contributed by atoms with Crippen molar-refractivity contribution in [2.45, 2.75) is 6.54 Å². The third kappa shape index (κ3) is 2.19. The van der Waals surface area contributed by atoms with Crippen molar-refractivity contribution >= 4 is 32.7 Å². The van der Waals surface area contributed by atoms with Crippen LogP contribution in [0.25, 0.3) is 22.4 Å². The number of rotatable bonds is 3. The lowest BCUT2D eigenvalue weighted by Gasteiger charge is -2.08. The van der Waals surface area contributed by atoms with Crippen LogP contribution in [0.15, 0.2) is 46.9 Å². The number of halogens is 1. The van der Waals surface area contributed by atoms with E-state index in [2.05, 4.69) is 20.9 Å². The van der Waals surface area contributed by atoms with Crippen molar-refractivity contribution in [2.75, 3.05) is 12.3 Å². The van der Waals surface area contributed by atoms with Crippen LogP contribution >= 0.6 is 15.9 Å². The lowest BCUT2D eigenvalue weighted by atomic mass is 10.2. The second kappa shape index (κ2) is 5.26. The molecular formula is C15H14BrN3O. The van der Waals surface area contributed by atoms with Gasteiger partial charge in [0.25, 0.3) is 0 Å². The Labute approximate surface area is 125 Å². The molecule has 0 aliphatic rings. The molecule has 0 fully saturated rings. The number of benzene rings is 2. The number of nitrogens with two attached hydrogens (primary N) is 1. The number of imidazole rings is 1. The average Bonchev–Trinajstić information content (AvgIpc) is 2.82. The smallest absolute Gasteiger partial charge is 0.141 e. The monoisotopic (exact) mass is 331 g/mol. The van der Waals surface area contributed by atoms with Crippen molar-refractivity contribution < 1.29 is 5.11 Å². The second-order valence-corrected chi connectivity index (χ2v) is 5.39. The second-order valence-electron chi connectivity index (χ2n) is 4.54. The first-order valence-corrected chi connectivity index (χ1v) is 7.11. The molecule has 0 aliphatic carbocycles. The van der Waals surface area contributed by atoms with Crippen LogP contribution in [-0.4, -0.2) is 21.3 Å². The maximum atomic E-state index is 9.29. The van der Waals surface area contributed by atoms with Gasteiger partial charge in [-0.05, 0) is 46.3 Å². The van der Waals surface area contributed by atoms with Crippen molar-refractivity contribution in [2.24, 2.45) is 0 Å². The molecule has 0 radical (unpaired) electrons. The molecular weight excluding hydrogens is 318 g/mol. The van der Waals surface area contributed by atoms with E-state index in [0.717, 1.165) is 26.9 Å². The summed E-state index contributed by atoms with van der Waals surface area (Å²) in [5.74, 6) is 0.819. The van der Waals surface area contributed by atoms with Crippen LogP contribution in [0.1, 0.15) is 0 Å². The van der Waals surface area contributed by atoms with Crippen LogP contribution < -0.4 is 5.73 Å². The summed E-state index contributed by atoms with van der Waals surface area (Å²) in [6.07, 6.45) is 0. The predicted octanol–water partition coefficient (Wildman–Crippen LogP) is 3.04. The topological polar surface area (TPSA) is 64.1 Å². The number of hydrogen-bond donors (Lipinski definition) is 2. The van der Waals surface area contributed by atoms with Crippen LogP contribution in [0.2, 0.25) is 0 Å². The minimum atomic E-state index is 0.0688. The number of para-hydroxylation sites is 2. The minimum absolute atomic E-state index is 0.0688. The van der Waals surface area contributed by atoms with Crippen LogP contribution in [-0.2, 0) is 6.54 Å². The van der Waals surface area contributed by atoms with Crippen LogP contribution in [0.5, 0.6) is 0 Å². The first-order chi connectivity index (χ1) is 9.70. The number of fused-ring (bicyclic) bond motifs is 1. The van der Waals surface area contributed by atoms with Crippen molar-refractivity contribution in [3.8, 4) is 11.4 Å². The number of nitrogen functional groups attached to an aromatic ring is 1. The molecule has 0 unspecified atom stereocenters. The molecule has 102 valence electrons. The molecule has 4 nitrogen and oxygen atoms in total. The maximum Gasteiger partial charge on any atom is 0.141 e. The van der Waals surface area contributed by atoms with E-state index < -0.39 is 0 Å². The Bertz CT molecular complexity index is 767. The Balaban J connectivity index is 2.23. The molecule has 0 saturated heterocycles. The van der Waals surface area contributed by atoms with Gasteiger partial charge >= 0.3 is 0 Å². The molecule has 0 atom stereocenters. The summed E-state index contributed by atoms with van der Waals surface area (Å²) in [6, 6.07) is 13.7. The van der Waals surface area contributed by atoms with Gasteiger partial charge in [0.05, 0.1) is 17.6 Å². The van der Waals surface area contributed by atoms with E-state index in [1.165, 1.54) is 0 Å². The Hall–Kier alpha value is -1.85. The zero-order chi connectivity index (χ0) is 14.1. The summed E-state index contributed by atoms with van der Waals surface area (Å²) < 4.78 is 2.88. The lowest BCUT2D eigenvalue weighted by Crippen LogP contribution is -2.04. The molecule has 1 heterocycles. The Morgan fingerprint density at radius 2 is 2.00 bits per heavy atom. The summed E-state index contributed by atoms with van der Waals surface area (Å²) in [6.45, 7) is 0.575. The third-order valence-electron chi connectivity index (χ3n) is 3.23. The fourth-order valence-corrected chi connectivity index (χ4v) is 2.55. The van der Waals surface area contributed by atoms with Crippen molar-refractivity contribution in [3.05, 3.63) is 46.9 Å². The van der Waals surface area contributed by atoms with Gasteiger partial charge in [-0.1, -0.05) is 12.1 Å². The number of aromatic nitrogens is 2. The number of anilines is 1. The maximum absolute atomic E-state index is 9.29. The molecule has 0 spiro atoms. The number of aliphatic hydroxyl groups is 1. The molecule has 20 heavy (non-hydrogen) atoms. The van der Waals surface area contributed by atoms with Crippen molar-refractivity contribution in [1.82, 2.24) is 9.55 Å². The first kappa shape index (κ1) is 13.1. The van der Waals surface area contributed by atoms with E-state index in [1.54, 1.807) is 0 Å². The number of aliphatic hydroxyl groups excluding tert-OH is 1. The molecule has 0 amide bonds. The van der Waals surface area contributed by atoms with Gasteiger partial charge in [-0.3, -0.25) is 0 Å². The normalized spacial score (nSPS) is 11.1. The van der Waals surface area contributed by atoms with Crippen LogP contribution in [0.4, 0.5) is 5.69 Å². The Morgan fingerprint density at radius 1 is 1.20 bits per heavy atom. The summed E-state index contributed by atoms with van der Waals surface area (Å²) in [7, 11) is 0. The Morgan fingerprint density at radius 3 is 2.75 bits per heavy atom. The lowest BCUT2D eigenvalue weighted by molar-refractivity contribution is 0.278. The van der Waals surface area contributed by atoms with E-state index in [0.29, 0.717) is 12.2 Å². The van der Waals surface area contributed by atoms with E-state index in [4.69, 9.17) is 5.73 Å². The minimum Gasteiger partial charge on any atom is -0.398 e. The van der Waals surface area contributed by atoms with Gasteiger partial charge in [-0.15, -0.1) is 0 Å². The molecule has 1 aromatic heterocycles. The average molecular weight is 332 g/mol. The van der Waals surface area contributed by atoms with Crippen molar-refractivity contribution in [3.63, 3.8) is 0 Å². The molecule has 3 aromatic rings. The van der Waals surface area contributed by atoms with Gasteiger partial charge in [0.15, 0.2) is 0 Å². The quantitative estimate of drug-likeness (QED) is 0.725. The first-order valence-electron chi connectivity index (χ1n) is 6.32. The van der Waals surface area contributed by atoms with Gasteiger partial charge in [0.2, 0.25) is 0 Å². The molecule has 5 heteroatoms. The number of hydrogen-bond acceptors (Lipinski definition) is 3. The molecule has 2 aromatic carbocycles. The molecule has 0 bridgehead atoms. The van der Waals surface area contributed by atoms with E-state index in [1.807, 2.05) is 47.0 Å². The highest BCUT2D eigenvalue weighted by atomic mass is 79.9. The Kier molecular flexibility index (Phi) is 3.46. The fraction of sp³-hybridized carbons (Fsp3) is 0.133. The number of nitrogens with zero attached hydrogens (tertiary/aromatic N) is 2. The third-order valence-corrected chi connectivity index (χ3v) is 3.95. The van der Waals surface area contributed by atoms with Gasteiger partial charge < -0.3 is 15.4 Å². The predicted molar refractivity (Wildman–Crippen MR) is 84.4 cm³/mol. The summed E-state index contributed by atoms with van der Waals surface area (Å²) in [5, 5.41) is 9.29. The van der Waals surface area contributed by atoms with E-state index in [9.17, 15) is 5.11 Å². The summed E-state index contributed by atoms with van der Waals surface area (Å²) >= 11 is 3.39. The van der Waals surface area contributed by atoms with Gasteiger partial charge in [0, 0.05) is 22.3 Å². The highest BCUT2D eigenvalue weighted by Crippen LogP contribution is 2.29. The molecule has 3 rings (SSSR count). The highest BCUT2D eigenvalue weighted by molar-refractivity contribution is 9.10. The van der Waals surface area contributed by atoms with Gasteiger partial charge in [0.1, 0.15) is 5.82 Å². The van der Waals surface area contributed by atoms with Crippen molar-refractivity contribution in [1.29, 1.82) is 0 Å². The fourth-order valence-electron chi connectivity index (χ4n) is 2.31. The molecule has 3 N–H and O–H groups in total. The van der Waals surface area contributed by atoms with E-state index >= 15 is 0 Å². The zero-order valence-corrected chi connectivity index (χ0v) is 12.3.